The number of benzene rings is 1. The van der Waals surface area contributed by atoms with Crippen molar-refractivity contribution in [2.75, 3.05) is 14.1 Å². The number of esters is 1. The van der Waals surface area contributed by atoms with Crippen LogP contribution in [-0.2, 0) is 23.9 Å². The molecule has 0 aromatic heterocycles. The number of hydrogen-bond donors (Lipinski definition) is 5. The average molecular weight is 583 g/mol. The van der Waals surface area contributed by atoms with Gasteiger partial charge >= 0.3 is 5.97 Å². The van der Waals surface area contributed by atoms with E-state index in [0.717, 1.165) is 32.1 Å². The Morgan fingerprint density at radius 2 is 1.76 bits per heavy atom. The van der Waals surface area contributed by atoms with Crippen molar-refractivity contribution in [3.05, 3.63) is 46.2 Å². The second-order valence-corrected chi connectivity index (χ2v) is 12.3. The number of hydrogen-bond acceptors (Lipinski definition) is 10. The highest BCUT2D eigenvalue weighted by Crippen LogP contribution is 2.57. The van der Waals surface area contributed by atoms with Crippen molar-refractivity contribution in [3.63, 3.8) is 0 Å². The summed E-state index contributed by atoms with van der Waals surface area (Å²) in [7, 11) is 2.99. The molecule has 0 saturated heterocycles. The highest BCUT2D eigenvalue weighted by atomic mass is 16.5. The van der Waals surface area contributed by atoms with Crippen molar-refractivity contribution < 1.29 is 44.3 Å². The number of phenols is 1. The number of likely N-dealkylation sites (N-methyl/N-ethyl adjacent to an activating group) is 1. The van der Waals surface area contributed by atoms with E-state index in [9.17, 15) is 39.6 Å². The Morgan fingerprint density at radius 1 is 1.10 bits per heavy atom. The monoisotopic (exact) mass is 582 g/mol. The van der Waals surface area contributed by atoms with Crippen LogP contribution in [0.3, 0.4) is 0 Å². The third-order valence-corrected chi connectivity index (χ3v) is 9.72. The van der Waals surface area contributed by atoms with Crippen LogP contribution in [0, 0.1) is 17.8 Å². The fourth-order valence-corrected chi connectivity index (χ4v) is 7.70. The van der Waals surface area contributed by atoms with Gasteiger partial charge in [0.1, 0.15) is 28.9 Å². The topological polar surface area (TPSA) is 188 Å². The molecule has 0 spiro atoms. The van der Waals surface area contributed by atoms with Crippen molar-refractivity contribution in [1.29, 1.82) is 0 Å². The molecule has 1 amide bonds. The molecule has 0 bridgehead atoms. The fourth-order valence-electron chi connectivity index (χ4n) is 7.70. The smallest absolute Gasteiger partial charge is 0.306 e. The van der Waals surface area contributed by atoms with Gasteiger partial charge < -0.3 is 30.9 Å². The Bertz CT molecular complexity index is 1410. The Morgan fingerprint density at radius 3 is 2.38 bits per heavy atom. The summed E-state index contributed by atoms with van der Waals surface area (Å²) in [5.41, 5.74) is 1.63. The molecule has 5 rings (SSSR count). The van der Waals surface area contributed by atoms with Gasteiger partial charge in [0, 0.05) is 17.9 Å². The average Bonchev–Trinajstić information content (AvgIpc) is 2.93. The maximum absolute atomic E-state index is 14.2. The number of aliphatic hydroxyl groups excluding tert-OH is 2. The molecule has 11 nitrogen and oxygen atoms in total. The van der Waals surface area contributed by atoms with Crippen LogP contribution in [-0.4, -0.2) is 80.6 Å². The minimum Gasteiger partial charge on any atom is -0.508 e. The summed E-state index contributed by atoms with van der Waals surface area (Å²) in [4.78, 5) is 55.0. The Kier molecular flexibility index (Phi) is 7.69. The van der Waals surface area contributed by atoms with Crippen LogP contribution < -0.4 is 5.73 Å². The first kappa shape index (κ1) is 29.8. The molecule has 6 atom stereocenters. The van der Waals surface area contributed by atoms with E-state index in [1.165, 1.54) is 25.1 Å². The number of Topliss-reactive ketones (excluding diaryl/α,β-unsaturated/α-hetero) is 2. The molecular weight excluding hydrogens is 544 g/mol. The van der Waals surface area contributed by atoms with Gasteiger partial charge in [-0.1, -0.05) is 51.2 Å². The van der Waals surface area contributed by atoms with Crippen molar-refractivity contribution in [3.8, 4) is 5.75 Å². The molecule has 11 heteroatoms. The maximum atomic E-state index is 14.2. The summed E-state index contributed by atoms with van der Waals surface area (Å²) in [6.45, 7) is 1.73. The van der Waals surface area contributed by atoms with E-state index in [1.54, 1.807) is 19.1 Å². The van der Waals surface area contributed by atoms with E-state index >= 15 is 0 Å². The first-order valence-corrected chi connectivity index (χ1v) is 14.5. The number of nitrogens with two attached hydrogens (primary N) is 1. The highest BCUT2D eigenvalue weighted by Gasteiger charge is 2.69. The Balaban J connectivity index is 1.69. The molecule has 1 aromatic rings. The number of aromatic hydroxyl groups is 1. The third kappa shape index (κ3) is 4.41. The number of ketones is 2. The number of amides is 1. The predicted octanol–water partition coefficient (Wildman–Crippen LogP) is 2.41. The molecular formula is C31H38N2O9. The van der Waals surface area contributed by atoms with Crippen molar-refractivity contribution in [1.82, 2.24) is 4.90 Å². The van der Waals surface area contributed by atoms with Crippen LogP contribution in [0.25, 0.3) is 5.76 Å². The number of primary amides is 1. The number of carbonyl (C=O) groups excluding carboxylic acids is 4. The summed E-state index contributed by atoms with van der Waals surface area (Å²) in [6, 6.07) is 3.18. The number of phenolic OH excluding ortho intramolecular Hbond substituents is 1. The molecule has 0 unspecified atom stereocenters. The van der Waals surface area contributed by atoms with Gasteiger partial charge in [0.2, 0.25) is 5.78 Å². The van der Waals surface area contributed by atoms with Crippen LogP contribution in [0.2, 0.25) is 0 Å². The van der Waals surface area contributed by atoms with E-state index in [2.05, 4.69) is 0 Å². The summed E-state index contributed by atoms with van der Waals surface area (Å²) >= 11 is 0. The first-order chi connectivity index (χ1) is 19.8. The zero-order valence-electron chi connectivity index (χ0n) is 24.0. The zero-order valence-corrected chi connectivity index (χ0v) is 24.0. The second kappa shape index (κ2) is 10.9. The lowest BCUT2D eigenvalue weighted by atomic mass is 9.54. The Hall–Kier alpha value is -3.70. The molecule has 6 N–H and O–H groups in total. The van der Waals surface area contributed by atoms with Gasteiger partial charge in [0.15, 0.2) is 11.4 Å². The molecule has 0 radical (unpaired) electrons. The van der Waals surface area contributed by atoms with Crippen molar-refractivity contribution >= 4 is 29.2 Å². The van der Waals surface area contributed by atoms with E-state index in [-0.39, 0.29) is 23.3 Å². The van der Waals surface area contributed by atoms with Crippen molar-refractivity contribution in [2.45, 2.75) is 75.5 Å². The first-order valence-electron chi connectivity index (χ1n) is 14.5. The predicted molar refractivity (Wildman–Crippen MR) is 150 cm³/mol. The van der Waals surface area contributed by atoms with Gasteiger partial charge in [0.05, 0.1) is 17.5 Å². The minimum absolute atomic E-state index is 0.0244. The summed E-state index contributed by atoms with van der Waals surface area (Å²) in [6.07, 6.45) is 4.66. The summed E-state index contributed by atoms with van der Waals surface area (Å²) in [5.74, 6) is -9.09. The van der Waals surface area contributed by atoms with Crippen molar-refractivity contribution in [2.24, 2.45) is 23.5 Å². The van der Waals surface area contributed by atoms with Crippen LogP contribution in [0.15, 0.2) is 35.1 Å². The SMILES string of the molecule is C[C@H]1c2cccc(O)c2C(O)=C2C(=O)[C@]3(O)C(O)=C(C(N)=O)C(=O)[C@@H](N(C)C)[C@@H]3[C@@H](OC(=O)CCC3CCCCC3)[C@@H]21. The summed E-state index contributed by atoms with van der Waals surface area (Å²) < 4.78 is 6.08. The standard InChI is InChI=1S/C31H38N2O9/c1-14-16-10-7-11-17(34)20(16)25(36)21-19(14)27(42-18(35)13-12-15-8-5-4-6-9-15)23-24(33(2)3)26(37)22(30(32)40)29(39)31(23,41)28(21)38/h7,10-11,14-15,19,23-24,27,34,36,39,41H,4-6,8-9,12-13H2,1-3H3,(H2,32,40)/t14-,19+,23+,24-,27-,31-/m0/s1. The molecule has 1 aromatic carbocycles. The number of rotatable bonds is 6. The van der Waals surface area contributed by atoms with E-state index < -0.39 is 76.0 Å². The minimum atomic E-state index is -2.94. The third-order valence-electron chi connectivity index (χ3n) is 9.72. The van der Waals surface area contributed by atoms with Crippen LogP contribution >= 0.6 is 0 Å². The quantitative estimate of drug-likeness (QED) is 0.246. The van der Waals surface area contributed by atoms with Crippen LogP contribution in [0.4, 0.5) is 0 Å². The number of fused-ring (bicyclic) bond motifs is 3. The van der Waals surface area contributed by atoms with Gasteiger partial charge in [-0.25, -0.2) is 0 Å². The lowest BCUT2D eigenvalue weighted by molar-refractivity contribution is -0.185. The molecule has 2 saturated carbocycles. The Labute approximate surface area is 243 Å². The molecule has 2 fully saturated rings. The molecule has 42 heavy (non-hydrogen) atoms. The van der Waals surface area contributed by atoms with Gasteiger partial charge in [0.25, 0.3) is 5.91 Å². The van der Waals surface area contributed by atoms with Gasteiger partial charge in [-0.2, -0.15) is 0 Å². The van der Waals surface area contributed by atoms with E-state index in [1.807, 2.05) is 0 Å². The normalized spacial score (nSPS) is 31.5. The molecule has 0 heterocycles. The van der Waals surface area contributed by atoms with E-state index in [0.29, 0.717) is 17.9 Å². The van der Waals surface area contributed by atoms with Crippen LogP contribution in [0.5, 0.6) is 5.75 Å². The fraction of sp³-hybridized carbons (Fsp3) is 0.548. The number of ether oxygens (including phenoxy) is 1. The van der Waals surface area contributed by atoms with Crippen LogP contribution in [0.1, 0.15) is 68.9 Å². The molecule has 4 aliphatic rings. The number of nitrogens with zero attached hydrogens (tertiary/aromatic N) is 1. The lowest BCUT2D eigenvalue weighted by Gasteiger charge is -2.54. The largest absolute Gasteiger partial charge is 0.508 e. The lowest BCUT2D eigenvalue weighted by Crippen LogP contribution is -2.71. The number of aliphatic hydroxyl groups is 3. The van der Waals surface area contributed by atoms with Gasteiger partial charge in [-0.05, 0) is 44.0 Å². The summed E-state index contributed by atoms with van der Waals surface area (Å²) in [5, 5.41) is 45.4. The van der Waals surface area contributed by atoms with Gasteiger partial charge in [-0.15, -0.1) is 0 Å². The maximum Gasteiger partial charge on any atom is 0.306 e. The molecule has 0 aliphatic heterocycles. The van der Waals surface area contributed by atoms with E-state index in [4.69, 9.17) is 10.5 Å². The molecule has 4 aliphatic carbocycles. The zero-order chi connectivity index (χ0) is 30.7. The highest BCUT2D eigenvalue weighted by molar-refractivity contribution is 6.24. The molecule has 226 valence electrons. The number of carbonyl (C=O) groups is 4. The second-order valence-electron chi connectivity index (χ2n) is 12.3. The van der Waals surface area contributed by atoms with Gasteiger partial charge in [-0.3, -0.25) is 24.1 Å².